The average Bonchev–Trinajstić information content (AvgIpc) is 3.71. The molecule has 1 aromatic carbocycles. The van der Waals surface area contributed by atoms with Crippen LogP contribution in [0.4, 0.5) is 27.8 Å². The van der Waals surface area contributed by atoms with Gasteiger partial charge in [-0.15, -0.1) is 0 Å². The van der Waals surface area contributed by atoms with Gasteiger partial charge in [-0.2, -0.15) is 13.2 Å². The molecule has 0 spiro atoms. The molecular weight excluding hydrogens is 555 g/mol. The molecule has 42 heavy (non-hydrogen) atoms. The fourth-order valence-electron chi connectivity index (χ4n) is 6.49. The number of carbonyl (C=O) groups is 1. The van der Waals surface area contributed by atoms with Crippen molar-refractivity contribution in [2.24, 2.45) is 0 Å². The Morgan fingerprint density at radius 2 is 1.88 bits per heavy atom. The van der Waals surface area contributed by atoms with E-state index in [2.05, 4.69) is 10.3 Å². The molecule has 1 amide bonds. The lowest BCUT2D eigenvalue weighted by atomic mass is 9.61. The summed E-state index contributed by atoms with van der Waals surface area (Å²) in [6.45, 7) is 1.87. The lowest BCUT2D eigenvalue weighted by molar-refractivity contribution is -0.138. The number of nitrogens with zero attached hydrogens (tertiary/aromatic N) is 3. The highest BCUT2D eigenvalue weighted by atomic mass is 19.4. The number of likely N-dealkylation sites (N-methyl/N-ethyl adjacent to an activating group) is 1. The zero-order chi connectivity index (χ0) is 30.2. The third-order valence-electron chi connectivity index (χ3n) is 9.36. The van der Waals surface area contributed by atoms with E-state index in [0.29, 0.717) is 16.8 Å². The predicted molar refractivity (Wildman–Crippen MR) is 147 cm³/mol. The first-order chi connectivity index (χ1) is 19.6. The molecule has 1 aromatic heterocycles. The van der Waals surface area contributed by atoms with Crippen LogP contribution in [0.15, 0.2) is 24.3 Å². The van der Waals surface area contributed by atoms with Crippen molar-refractivity contribution in [2.75, 3.05) is 11.9 Å². The van der Waals surface area contributed by atoms with E-state index in [1.54, 1.807) is 6.07 Å². The van der Waals surface area contributed by atoms with E-state index in [9.17, 15) is 26.7 Å². The van der Waals surface area contributed by atoms with Gasteiger partial charge in [-0.05, 0) is 80.0 Å². The zero-order valence-corrected chi connectivity index (χ0v) is 23.5. The van der Waals surface area contributed by atoms with E-state index in [0.717, 1.165) is 49.4 Å². The first kappa shape index (κ1) is 28.7. The molecule has 0 atom stereocenters. The second-order valence-corrected chi connectivity index (χ2v) is 12.6. The summed E-state index contributed by atoms with van der Waals surface area (Å²) in [6.07, 6.45) is -0.540. The predicted octanol–water partition coefficient (Wildman–Crippen LogP) is 6.35. The number of amides is 1. The van der Waals surface area contributed by atoms with Crippen molar-refractivity contribution < 1.29 is 26.7 Å². The Morgan fingerprint density at radius 1 is 1.19 bits per heavy atom. The fourth-order valence-corrected chi connectivity index (χ4v) is 6.49. The van der Waals surface area contributed by atoms with Gasteiger partial charge in [0.15, 0.2) is 0 Å². The molecule has 7 nitrogen and oxygen atoms in total. The summed E-state index contributed by atoms with van der Waals surface area (Å²) in [4.78, 5) is 20.7. The molecule has 224 valence electrons. The molecule has 2 aromatic rings. The first-order valence-corrected chi connectivity index (χ1v) is 14.2. The number of benzene rings is 1. The Morgan fingerprint density at radius 3 is 2.43 bits per heavy atom. The van der Waals surface area contributed by atoms with E-state index in [1.807, 2.05) is 6.92 Å². The largest absolute Gasteiger partial charge is 0.416 e. The number of hydrogen-bond donors (Lipinski definition) is 3. The van der Waals surface area contributed by atoms with Crippen LogP contribution in [0.3, 0.4) is 0 Å². The summed E-state index contributed by atoms with van der Waals surface area (Å²) in [7, 11) is 1.44. The van der Waals surface area contributed by atoms with Crippen LogP contribution in [0.25, 0.3) is 0 Å². The maximum absolute atomic E-state index is 14.4. The highest BCUT2D eigenvalue weighted by molar-refractivity contribution is 6.10. The van der Waals surface area contributed by atoms with Gasteiger partial charge in [0.1, 0.15) is 11.7 Å². The van der Waals surface area contributed by atoms with Crippen LogP contribution >= 0.6 is 0 Å². The monoisotopic (exact) mass is 588 g/mol. The highest BCUT2D eigenvalue weighted by Gasteiger charge is 2.61. The first-order valence-electron chi connectivity index (χ1n) is 14.2. The Labute approximate surface area is 240 Å². The van der Waals surface area contributed by atoms with Crippen molar-refractivity contribution in [3.05, 3.63) is 57.8 Å². The lowest BCUT2D eigenvalue weighted by Gasteiger charge is -2.49. The van der Waals surface area contributed by atoms with Crippen molar-refractivity contribution in [2.45, 2.75) is 93.9 Å². The Hall–Kier alpha value is -3.41. The number of pyridine rings is 1. The van der Waals surface area contributed by atoms with Gasteiger partial charge in [0.05, 0.1) is 23.9 Å². The SMILES string of the molecule is CN(C=N)C(=N)C1(c2cc(C3CC3)nc(N3Cc4c(cc(CNC5(C)CCC5)cc4C(F)(F)F)C3=O)c2)CC(F)(F)C1. The number of carbonyl (C=O) groups excluding carboxylic acids is 1. The molecule has 1 aliphatic heterocycles. The van der Waals surface area contributed by atoms with Crippen molar-refractivity contribution in [3.63, 3.8) is 0 Å². The van der Waals surface area contributed by atoms with Crippen LogP contribution in [0.1, 0.15) is 96.1 Å². The number of fused-ring (bicyclic) bond motifs is 1. The van der Waals surface area contributed by atoms with Gasteiger partial charge in [-0.1, -0.05) is 0 Å². The molecule has 0 unspecified atom stereocenters. The summed E-state index contributed by atoms with van der Waals surface area (Å²) in [6, 6.07) is 5.76. The van der Waals surface area contributed by atoms with E-state index in [4.69, 9.17) is 10.8 Å². The van der Waals surface area contributed by atoms with E-state index >= 15 is 0 Å². The Kier molecular flexibility index (Phi) is 6.53. The van der Waals surface area contributed by atoms with Crippen molar-refractivity contribution in [1.29, 1.82) is 10.8 Å². The van der Waals surface area contributed by atoms with Gasteiger partial charge in [0.25, 0.3) is 11.8 Å². The van der Waals surface area contributed by atoms with Crippen molar-refractivity contribution in [3.8, 4) is 0 Å². The van der Waals surface area contributed by atoms with Crippen LogP contribution in [-0.4, -0.2) is 46.5 Å². The van der Waals surface area contributed by atoms with Crippen LogP contribution < -0.4 is 10.2 Å². The third kappa shape index (κ3) is 4.87. The highest BCUT2D eigenvalue weighted by Crippen LogP contribution is 2.55. The topological polar surface area (TPSA) is 96.2 Å². The van der Waals surface area contributed by atoms with Crippen LogP contribution in [-0.2, 0) is 24.7 Å². The Balaban J connectivity index is 1.39. The maximum Gasteiger partial charge on any atom is 0.416 e. The van der Waals surface area contributed by atoms with Crippen LogP contribution in [0.2, 0.25) is 0 Å². The van der Waals surface area contributed by atoms with Gasteiger partial charge < -0.3 is 10.2 Å². The molecule has 6 rings (SSSR count). The van der Waals surface area contributed by atoms with Crippen LogP contribution in [0, 0.1) is 10.8 Å². The van der Waals surface area contributed by atoms with Gasteiger partial charge in [-0.25, -0.2) is 13.8 Å². The molecule has 3 saturated carbocycles. The molecule has 2 heterocycles. The second kappa shape index (κ2) is 9.55. The number of amidine groups is 1. The molecular formula is C30H33F5N6O. The number of hydrogen-bond acceptors (Lipinski definition) is 5. The average molecular weight is 589 g/mol. The number of nitrogens with one attached hydrogen (secondary N) is 3. The molecule has 3 N–H and O–H groups in total. The maximum atomic E-state index is 14.4. The molecule has 0 radical (unpaired) electrons. The molecule has 4 aliphatic rings. The Bertz CT molecular complexity index is 1470. The summed E-state index contributed by atoms with van der Waals surface area (Å²) in [5.41, 5.74) is -1.30. The fraction of sp³-hybridized carbons (Fsp3) is 0.533. The molecule has 12 heteroatoms. The van der Waals surface area contributed by atoms with Gasteiger partial charge in [-0.3, -0.25) is 20.5 Å². The van der Waals surface area contributed by atoms with E-state index in [1.165, 1.54) is 24.1 Å². The summed E-state index contributed by atoms with van der Waals surface area (Å²) in [5.74, 6) is -3.69. The van der Waals surface area contributed by atoms with Crippen molar-refractivity contribution in [1.82, 2.24) is 15.2 Å². The van der Waals surface area contributed by atoms with E-state index < -0.39 is 41.8 Å². The standard InChI is InChI=1S/C30H33F5N6O/c1-27(6-3-7-27)38-12-17-8-20-21(22(9-17)30(33,34)35)13-41(25(20)42)24-11-19(10-23(39-24)18-4-5-18)28(14-29(31,32)15-28)26(37)40(2)16-36/h8-11,16,18,36-38H,3-7,12-15H2,1-2H3. The molecule has 3 fully saturated rings. The number of halogens is 5. The quantitative estimate of drug-likeness (QED) is 0.190. The van der Waals surface area contributed by atoms with Gasteiger partial charge >= 0.3 is 6.18 Å². The van der Waals surface area contributed by atoms with Crippen LogP contribution in [0.5, 0.6) is 0 Å². The summed E-state index contributed by atoms with van der Waals surface area (Å²) in [5, 5.41) is 19.5. The number of aromatic nitrogens is 1. The minimum atomic E-state index is -4.68. The number of rotatable bonds is 8. The molecule has 0 bridgehead atoms. The summed E-state index contributed by atoms with van der Waals surface area (Å²) < 4.78 is 71.5. The number of anilines is 1. The minimum Gasteiger partial charge on any atom is -0.324 e. The lowest BCUT2D eigenvalue weighted by Crippen LogP contribution is -2.58. The summed E-state index contributed by atoms with van der Waals surface area (Å²) >= 11 is 0. The second-order valence-electron chi connectivity index (χ2n) is 12.6. The molecule has 3 aliphatic carbocycles. The molecule has 0 saturated heterocycles. The smallest absolute Gasteiger partial charge is 0.324 e. The van der Waals surface area contributed by atoms with Crippen molar-refractivity contribution >= 4 is 23.9 Å². The minimum absolute atomic E-state index is 0.0401. The zero-order valence-electron chi connectivity index (χ0n) is 23.5. The van der Waals surface area contributed by atoms with Gasteiger partial charge in [0, 0.05) is 49.1 Å². The van der Waals surface area contributed by atoms with Gasteiger partial charge in [0.2, 0.25) is 0 Å². The normalized spacial score (nSPS) is 21.8. The number of alkyl halides is 5. The van der Waals surface area contributed by atoms with E-state index in [-0.39, 0.29) is 47.3 Å². The third-order valence-corrected chi connectivity index (χ3v) is 9.36.